The number of ether oxygens (including phenoxy) is 1. The lowest BCUT2D eigenvalue weighted by molar-refractivity contribution is -0.119. The van der Waals surface area contributed by atoms with Gasteiger partial charge in [0, 0.05) is 25.1 Å². The van der Waals surface area contributed by atoms with Crippen molar-refractivity contribution in [3.8, 4) is 5.75 Å². The molecular weight excluding hydrogens is 388 g/mol. The summed E-state index contributed by atoms with van der Waals surface area (Å²) in [6.07, 6.45) is 2.51. The molecule has 4 rings (SSSR count). The fraction of sp³-hybridized carbons (Fsp3) is 0.571. The molecule has 2 aromatic rings. The Hall–Kier alpha value is -2.03. The van der Waals surface area contributed by atoms with Gasteiger partial charge < -0.3 is 9.84 Å². The van der Waals surface area contributed by atoms with E-state index in [2.05, 4.69) is 34.3 Å². The zero-order chi connectivity index (χ0) is 20.6. The number of piperidine rings is 1. The number of aliphatic hydroxyl groups is 1. The van der Waals surface area contributed by atoms with Crippen molar-refractivity contribution in [1.29, 1.82) is 0 Å². The number of aryl methyl sites for hydroxylation is 3. The van der Waals surface area contributed by atoms with E-state index in [0.29, 0.717) is 18.1 Å². The van der Waals surface area contributed by atoms with Crippen LogP contribution in [0.15, 0.2) is 12.1 Å². The maximum Gasteiger partial charge on any atom is 0.240 e. The van der Waals surface area contributed by atoms with E-state index in [9.17, 15) is 9.90 Å². The molecule has 0 radical (unpaired) electrons. The van der Waals surface area contributed by atoms with Gasteiger partial charge in [-0.15, -0.1) is 10.2 Å². The molecule has 29 heavy (non-hydrogen) atoms. The van der Waals surface area contributed by atoms with Crippen molar-refractivity contribution < 1.29 is 14.6 Å². The Kier molecular flexibility index (Phi) is 5.59. The molecule has 7 nitrogen and oxygen atoms in total. The quantitative estimate of drug-likeness (QED) is 0.797. The van der Waals surface area contributed by atoms with E-state index in [1.807, 2.05) is 19.1 Å². The van der Waals surface area contributed by atoms with Gasteiger partial charge >= 0.3 is 0 Å². The molecule has 2 N–H and O–H groups in total. The molecule has 8 heteroatoms. The van der Waals surface area contributed by atoms with E-state index in [0.717, 1.165) is 48.7 Å². The number of aliphatic hydroxyl groups excluding tert-OH is 1. The summed E-state index contributed by atoms with van der Waals surface area (Å²) in [4.78, 5) is 14.5. The summed E-state index contributed by atoms with van der Waals surface area (Å²) in [6.45, 7) is 7.99. The second kappa shape index (κ2) is 8.01. The van der Waals surface area contributed by atoms with Gasteiger partial charge in [-0.05, 0) is 56.4 Å². The molecule has 2 aliphatic heterocycles. The molecule has 1 spiro atoms. The number of anilines is 1. The van der Waals surface area contributed by atoms with Crippen LogP contribution in [0.1, 0.15) is 54.0 Å². The molecule has 1 aromatic carbocycles. The molecule has 1 saturated heterocycles. The predicted octanol–water partition coefficient (Wildman–Crippen LogP) is 3.01. The number of nitrogens with zero attached hydrogens (tertiary/aromatic N) is 3. The number of amides is 1. The summed E-state index contributed by atoms with van der Waals surface area (Å²) in [5, 5.41) is 23.1. The highest BCUT2D eigenvalue weighted by Crippen LogP contribution is 2.45. The Balaban J connectivity index is 1.35. The molecule has 0 bridgehead atoms. The lowest BCUT2D eigenvalue weighted by Crippen LogP contribution is -2.51. The Morgan fingerprint density at radius 1 is 1.31 bits per heavy atom. The van der Waals surface area contributed by atoms with Crippen molar-refractivity contribution in [3.05, 3.63) is 33.8 Å². The van der Waals surface area contributed by atoms with Crippen LogP contribution in [0.25, 0.3) is 0 Å². The smallest absolute Gasteiger partial charge is 0.240 e. The third kappa shape index (κ3) is 4.29. The number of benzene rings is 1. The molecule has 156 valence electrons. The molecule has 1 aromatic heterocycles. The van der Waals surface area contributed by atoms with Gasteiger partial charge in [-0.1, -0.05) is 18.3 Å². The van der Waals surface area contributed by atoms with Gasteiger partial charge in [0.05, 0.1) is 12.6 Å². The number of hydrogen-bond donors (Lipinski definition) is 2. The highest BCUT2D eigenvalue weighted by atomic mass is 32.1. The zero-order valence-electron chi connectivity index (χ0n) is 17.2. The second-order valence-electron chi connectivity index (χ2n) is 8.16. The molecular formula is C21H28N4O3S. The van der Waals surface area contributed by atoms with Crippen molar-refractivity contribution in [2.75, 3.05) is 25.0 Å². The fourth-order valence-corrected chi connectivity index (χ4v) is 4.83. The SMILES string of the molecule is CCc1nnc(NC(=O)CN2CCC3(CC2)CC(O)c2cc(C)c(C)cc2O3)s1. The number of nitrogens with one attached hydrogen (secondary N) is 1. The van der Waals surface area contributed by atoms with E-state index in [4.69, 9.17) is 4.74 Å². The molecule has 3 heterocycles. The molecule has 0 saturated carbocycles. The Labute approximate surface area is 175 Å². The van der Waals surface area contributed by atoms with Crippen LogP contribution in [0.3, 0.4) is 0 Å². The average molecular weight is 417 g/mol. The van der Waals surface area contributed by atoms with Gasteiger partial charge in [0.15, 0.2) is 0 Å². The largest absolute Gasteiger partial charge is 0.487 e. The number of likely N-dealkylation sites (tertiary alicyclic amines) is 1. The molecule has 0 aliphatic carbocycles. The first-order valence-corrected chi connectivity index (χ1v) is 11.0. The number of rotatable bonds is 4. The van der Waals surface area contributed by atoms with E-state index >= 15 is 0 Å². The van der Waals surface area contributed by atoms with Gasteiger partial charge in [-0.3, -0.25) is 15.0 Å². The molecule has 1 fully saturated rings. The lowest BCUT2D eigenvalue weighted by atomic mass is 9.81. The number of carbonyl (C=O) groups excluding carboxylic acids is 1. The number of hydrogen-bond acceptors (Lipinski definition) is 7. The van der Waals surface area contributed by atoms with Crippen LogP contribution in [0, 0.1) is 13.8 Å². The third-order valence-electron chi connectivity index (χ3n) is 6.03. The van der Waals surface area contributed by atoms with E-state index < -0.39 is 6.10 Å². The van der Waals surface area contributed by atoms with Crippen molar-refractivity contribution >= 4 is 22.4 Å². The lowest BCUT2D eigenvalue weighted by Gasteiger charge is -2.46. The van der Waals surface area contributed by atoms with Crippen LogP contribution >= 0.6 is 11.3 Å². The van der Waals surface area contributed by atoms with Crippen molar-refractivity contribution in [2.45, 2.75) is 58.2 Å². The van der Waals surface area contributed by atoms with Gasteiger partial charge in [-0.2, -0.15) is 0 Å². The minimum Gasteiger partial charge on any atom is -0.487 e. The predicted molar refractivity (Wildman–Crippen MR) is 112 cm³/mol. The summed E-state index contributed by atoms with van der Waals surface area (Å²) in [5.74, 6) is 0.738. The maximum atomic E-state index is 12.3. The van der Waals surface area contributed by atoms with Crippen LogP contribution < -0.4 is 10.1 Å². The van der Waals surface area contributed by atoms with Crippen molar-refractivity contribution in [2.24, 2.45) is 0 Å². The van der Waals surface area contributed by atoms with Crippen LogP contribution in [-0.2, 0) is 11.2 Å². The first-order valence-electron chi connectivity index (χ1n) is 10.2. The highest BCUT2D eigenvalue weighted by Gasteiger charge is 2.43. The van der Waals surface area contributed by atoms with Crippen LogP contribution in [0.5, 0.6) is 5.75 Å². The van der Waals surface area contributed by atoms with Gasteiger partial charge in [0.2, 0.25) is 11.0 Å². The van der Waals surface area contributed by atoms with E-state index in [1.165, 1.54) is 22.5 Å². The van der Waals surface area contributed by atoms with Crippen LogP contribution in [0.4, 0.5) is 5.13 Å². The van der Waals surface area contributed by atoms with E-state index in [1.54, 1.807) is 0 Å². The topological polar surface area (TPSA) is 87.6 Å². The summed E-state index contributed by atoms with van der Waals surface area (Å²) >= 11 is 1.42. The number of aromatic nitrogens is 2. The Morgan fingerprint density at radius 2 is 2.03 bits per heavy atom. The maximum absolute atomic E-state index is 12.3. The normalized spacial score (nSPS) is 20.9. The van der Waals surface area contributed by atoms with Gasteiger partial charge in [-0.25, -0.2) is 0 Å². The highest BCUT2D eigenvalue weighted by molar-refractivity contribution is 7.15. The third-order valence-corrected chi connectivity index (χ3v) is 7.01. The molecule has 2 aliphatic rings. The molecule has 1 unspecified atom stereocenters. The summed E-state index contributed by atoms with van der Waals surface area (Å²) in [6, 6.07) is 4.08. The van der Waals surface area contributed by atoms with Gasteiger partial charge in [0.25, 0.3) is 0 Å². The number of fused-ring (bicyclic) bond motifs is 1. The van der Waals surface area contributed by atoms with Crippen LogP contribution in [-0.4, -0.2) is 51.3 Å². The van der Waals surface area contributed by atoms with Gasteiger partial charge in [0.1, 0.15) is 16.4 Å². The van der Waals surface area contributed by atoms with Crippen molar-refractivity contribution in [1.82, 2.24) is 15.1 Å². The Morgan fingerprint density at radius 3 is 2.72 bits per heavy atom. The summed E-state index contributed by atoms with van der Waals surface area (Å²) in [7, 11) is 0. The minimum atomic E-state index is -0.502. The average Bonchev–Trinajstić information content (AvgIpc) is 3.13. The monoisotopic (exact) mass is 416 g/mol. The summed E-state index contributed by atoms with van der Waals surface area (Å²) in [5.41, 5.74) is 2.88. The fourth-order valence-electron chi connectivity index (χ4n) is 4.13. The first kappa shape index (κ1) is 20.3. The van der Waals surface area contributed by atoms with Crippen molar-refractivity contribution in [3.63, 3.8) is 0 Å². The number of carbonyl (C=O) groups is 1. The van der Waals surface area contributed by atoms with E-state index in [-0.39, 0.29) is 11.5 Å². The zero-order valence-corrected chi connectivity index (χ0v) is 18.0. The Bertz CT molecular complexity index is 905. The molecule has 1 atom stereocenters. The standard InChI is InChI=1S/C21H28N4O3S/c1-4-19-23-24-20(29-19)22-18(27)12-25-7-5-21(6-8-25)11-16(26)15-9-13(2)14(3)10-17(15)28-21/h9-10,16,26H,4-8,11-12H2,1-3H3,(H,22,24,27). The minimum absolute atomic E-state index is 0.0687. The summed E-state index contributed by atoms with van der Waals surface area (Å²) < 4.78 is 6.43. The first-order chi connectivity index (χ1) is 13.9. The van der Waals surface area contributed by atoms with Crippen LogP contribution in [0.2, 0.25) is 0 Å². The molecule has 1 amide bonds. The second-order valence-corrected chi connectivity index (χ2v) is 9.22.